The molecule has 0 aliphatic rings. The number of azo groups is 1. The molecule has 0 bridgehead atoms. The SMILES string of the molecule is Cc1cc(N=Nc2ccc(S(=O)Nc3ccccn3)cc2)c(N)cc1O. The summed E-state index contributed by atoms with van der Waals surface area (Å²) in [5.41, 5.74) is 7.90. The van der Waals surface area contributed by atoms with Crippen LogP contribution in [0.1, 0.15) is 5.56 Å². The van der Waals surface area contributed by atoms with Crippen molar-refractivity contribution in [3.8, 4) is 5.75 Å². The summed E-state index contributed by atoms with van der Waals surface area (Å²) in [6.07, 6.45) is 1.62. The van der Waals surface area contributed by atoms with Crippen LogP contribution in [0.15, 0.2) is 75.9 Å². The maximum atomic E-state index is 12.3. The van der Waals surface area contributed by atoms with Gasteiger partial charge in [-0.3, -0.25) is 4.72 Å². The van der Waals surface area contributed by atoms with E-state index in [0.29, 0.717) is 33.3 Å². The topological polar surface area (TPSA) is 113 Å². The maximum absolute atomic E-state index is 12.3. The van der Waals surface area contributed by atoms with Gasteiger partial charge < -0.3 is 10.8 Å². The number of hydrogen-bond acceptors (Lipinski definition) is 6. The van der Waals surface area contributed by atoms with Crippen molar-refractivity contribution < 1.29 is 9.32 Å². The Kier molecular flexibility index (Phi) is 5.23. The van der Waals surface area contributed by atoms with E-state index in [9.17, 15) is 9.32 Å². The maximum Gasteiger partial charge on any atom is 0.151 e. The van der Waals surface area contributed by atoms with E-state index in [4.69, 9.17) is 5.73 Å². The summed E-state index contributed by atoms with van der Waals surface area (Å²) < 4.78 is 15.1. The molecular weight excluding hydrogens is 350 g/mol. The highest BCUT2D eigenvalue weighted by Crippen LogP contribution is 2.31. The third kappa shape index (κ3) is 4.22. The molecule has 1 aromatic heterocycles. The van der Waals surface area contributed by atoms with Gasteiger partial charge in [0.1, 0.15) is 17.3 Å². The number of anilines is 2. The van der Waals surface area contributed by atoms with Crippen LogP contribution in [0.4, 0.5) is 22.9 Å². The van der Waals surface area contributed by atoms with Gasteiger partial charge >= 0.3 is 0 Å². The molecule has 2 aromatic carbocycles. The number of phenolic OH excluding ortho intramolecular Hbond substituents is 1. The Bertz CT molecular complexity index is 959. The highest BCUT2D eigenvalue weighted by molar-refractivity contribution is 7.86. The van der Waals surface area contributed by atoms with Crippen LogP contribution in [-0.4, -0.2) is 14.3 Å². The minimum absolute atomic E-state index is 0.119. The summed E-state index contributed by atoms with van der Waals surface area (Å²) in [4.78, 5) is 4.67. The summed E-state index contributed by atoms with van der Waals surface area (Å²) in [7, 11) is -1.42. The van der Waals surface area contributed by atoms with Gasteiger partial charge in [0.05, 0.1) is 16.3 Å². The number of phenols is 1. The number of aromatic nitrogens is 1. The number of aryl methyl sites for hydroxylation is 1. The molecule has 0 fully saturated rings. The summed E-state index contributed by atoms with van der Waals surface area (Å²) in [6, 6.07) is 15.3. The first-order valence-electron chi connectivity index (χ1n) is 7.73. The highest BCUT2D eigenvalue weighted by Gasteiger charge is 2.06. The molecule has 3 rings (SSSR count). The van der Waals surface area contributed by atoms with Gasteiger partial charge in [0.2, 0.25) is 0 Å². The molecule has 0 saturated heterocycles. The van der Waals surface area contributed by atoms with Crippen LogP contribution in [0.5, 0.6) is 5.75 Å². The zero-order valence-corrected chi connectivity index (χ0v) is 14.8. The Morgan fingerprint density at radius 2 is 1.88 bits per heavy atom. The number of nitrogen functional groups attached to an aromatic ring is 1. The molecule has 0 aliphatic carbocycles. The molecule has 8 heteroatoms. The van der Waals surface area contributed by atoms with E-state index < -0.39 is 11.0 Å². The molecule has 1 heterocycles. The van der Waals surface area contributed by atoms with Gasteiger partial charge in [-0.2, -0.15) is 5.11 Å². The first-order chi connectivity index (χ1) is 12.5. The van der Waals surface area contributed by atoms with Crippen molar-refractivity contribution in [3.63, 3.8) is 0 Å². The van der Waals surface area contributed by atoms with Crippen molar-refractivity contribution in [1.82, 2.24) is 4.98 Å². The molecule has 0 spiro atoms. The average molecular weight is 367 g/mol. The summed E-state index contributed by atoms with van der Waals surface area (Å²) in [5.74, 6) is 0.654. The molecule has 0 saturated carbocycles. The molecular formula is C18H17N5O2S. The van der Waals surface area contributed by atoms with Gasteiger partial charge in [0.25, 0.3) is 0 Å². The van der Waals surface area contributed by atoms with Crippen LogP contribution in [0.2, 0.25) is 0 Å². The van der Waals surface area contributed by atoms with Crippen LogP contribution < -0.4 is 10.5 Å². The minimum Gasteiger partial charge on any atom is -0.508 e. The van der Waals surface area contributed by atoms with E-state index in [-0.39, 0.29) is 5.75 Å². The predicted octanol–water partition coefficient (Wildman–Crippen LogP) is 4.23. The number of nitrogens with two attached hydrogens (primary N) is 1. The third-order valence-corrected chi connectivity index (χ3v) is 4.63. The predicted molar refractivity (Wildman–Crippen MR) is 102 cm³/mol. The lowest BCUT2D eigenvalue weighted by Gasteiger charge is -2.05. The minimum atomic E-state index is -1.42. The Morgan fingerprint density at radius 3 is 2.58 bits per heavy atom. The largest absolute Gasteiger partial charge is 0.508 e. The number of nitrogens with one attached hydrogen (secondary N) is 1. The standard InChI is InChI=1S/C18H17N5O2S/c1-12-10-16(15(19)11-17(12)24)22-21-13-5-7-14(8-6-13)26(25)23-18-4-2-3-9-20-18/h2-11,24H,19H2,1H3,(H,20,23). The van der Waals surface area contributed by atoms with E-state index in [1.807, 2.05) is 6.07 Å². The number of aromatic hydroxyl groups is 1. The Labute approximate surface area is 153 Å². The second-order valence-corrected chi connectivity index (χ2v) is 6.69. The van der Waals surface area contributed by atoms with Gasteiger partial charge in [0.15, 0.2) is 11.0 Å². The molecule has 132 valence electrons. The molecule has 7 nitrogen and oxygen atoms in total. The van der Waals surface area contributed by atoms with Crippen LogP contribution in [0.3, 0.4) is 0 Å². The number of pyridine rings is 1. The summed E-state index contributed by atoms with van der Waals surface area (Å²) in [6.45, 7) is 1.76. The van der Waals surface area contributed by atoms with Crippen LogP contribution in [-0.2, 0) is 11.0 Å². The van der Waals surface area contributed by atoms with Crippen molar-refractivity contribution >= 4 is 33.9 Å². The number of benzene rings is 2. The number of rotatable bonds is 5. The van der Waals surface area contributed by atoms with Crippen molar-refractivity contribution in [2.24, 2.45) is 10.2 Å². The fourth-order valence-electron chi connectivity index (χ4n) is 2.11. The van der Waals surface area contributed by atoms with E-state index in [1.54, 1.807) is 55.6 Å². The van der Waals surface area contributed by atoms with Crippen LogP contribution >= 0.6 is 0 Å². The van der Waals surface area contributed by atoms with Crippen molar-refractivity contribution in [2.75, 3.05) is 10.5 Å². The first-order valence-corrected chi connectivity index (χ1v) is 8.88. The van der Waals surface area contributed by atoms with Gasteiger partial charge in [-0.15, -0.1) is 5.11 Å². The first kappa shape index (κ1) is 17.6. The molecule has 1 atom stereocenters. The van der Waals surface area contributed by atoms with E-state index in [0.717, 1.165) is 0 Å². The van der Waals surface area contributed by atoms with Crippen molar-refractivity contribution in [1.29, 1.82) is 0 Å². The lowest BCUT2D eigenvalue weighted by Crippen LogP contribution is -2.05. The van der Waals surface area contributed by atoms with Gasteiger partial charge in [-0.05, 0) is 55.0 Å². The van der Waals surface area contributed by atoms with Gasteiger partial charge in [-0.1, -0.05) is 6.07 Å². The molecule has 26 heavy (non-hydrogen) atoms. The Balaban J connectivity index is 1.71. The lowest BCUT2D eigenvalue weighted by molar-refractivity contribution is 0.471. The molecule has 0 amide bonds. The smallest absolute Gasteiger partial charge is 0.151 e. The van der Waals surface area contributed by atoms with E-state index in [2.05, 4.69) is 19.9 Å². The lowest BCUT2D eigenvalue weighted by atomic mass is 10.2. The normalized spacial score (nSPS) is 12.2. The summed E-state index contributed by atoms with van der Waals surface area (Å²) in [5, 5.41) is 17.8. The van der Waals surface area contributed by atoms with Gasteiger partial charge in [-0.25, -0.2) is 9.19 Å². The summed E-state index contributed by atoms with van der Waals surface area (Å²) >= 11 is 0. The molecule has 3 aromatic rings. The molecule has 4 N–H and O–H groups in total. The van der Waals surface area contributed by atoms with Crippen molar-refractivity contribution in [2.45, 2.75) is 11.8 Å². The van der Waals surface area contributed by atoms with Crippen LogP contribution in [0.25, 0.3) is 0 Å². The Morgan fingerprint density at radius 1 is 1.12 bits per heavy atom. The highest BCUT2D eigenvalue weighted by atomic mass is 32.2. The number of hydrogen-bond donors (Lipinski definition) is 3. The van der Waals surface area contributed by atoms with Crippen molar-refractivity contribution in [3.05, 3.63) is 66.4 Å². The molecule has 0 radical (unpaired) electrons. The third-order valence-electron chi connectivity index (χ3n) is 3.53. The van der Waals surface area contributed by atoms with Gasteiger partial charge in [0, 0.05) is 12.3 Å². The van der Waals surface area contributed by atoms with E-state index >= 15 is 0 Å². The average Bonchev–Trinajstić information content (AvgIpc) is 2.65. The fraction of sp³-hybridized carbons (Fsp3) is 0.0556. The zero-order chi connectivity index (χ0) is 18.5. The monoisotopic (exact) mass is 367 g/mol. The molecule has 0 aliphatic heterocycles. The second-order valence-electron chi connectivity index (χ2n) is 5.48. The fourth-order valence-corrected chi connectivity index (χ4v) is 2.92. The van der Waals surface area contributed by atoms with Crippen LogP contribution in [0, 0.1) is 6.92 Å². The number of nitrogens with zero attached hydrogens (tertiary/aromatic N) is 3. The quantitative estimate of drug-likeness (QED) is 0.462. The molecule has 1 unspecified atom stereocenters. The van der Waals surface area contributed by atoms with E-state index in [1.165, 1.54) is 6.07 Å². The second kappa shape index (κ2) is 7.75. The zero-order valence-electron chi connectivity index (χ0n) is 14.0. The Hall–Kier alpha value is -3.26.